The Balaban J connectivity index is 2.81. The highest BCUT2D eigenvalue weighted by atomic mass is 13.9. The maximum absolute atomic E-state index is 3.55. The van der Waals surface area contributed by atoms with Crippen LogP contribution in [0.3, 0.4) is 0 Å². The minimum Gasteiger partial charge on any atom is -0.245 e. The van der Waals surface area contributed by atoms with Crippen molar-refractivity contribution in [3.8, 4) is 0 Å². The van der Waals surface area contributed by atoms with Crippen LogP contribution in [0.15, 0.2) is 12.7 Å². The summed E-state index contributed by atoms with van der Waals surface area (Å²) in [6.45, 7) is 7.80. The van der Waals surface area contributed by atoms with Crippen LogP contribution in [0.1, 0.15) is 13.8 Å². The first-order valence-electron chi connectivity index (χ1n) is 2.23. The van der Waals surface area contributed by atoms with Crippen LogP contribution in [0.5, 0.6) is 0 Å². The van der Waals surface area contributed by atoms with Gasteiger partial charge < -0.3 is 0 Å². The average molecular weight is 83.2 g/mol. The van der Waals surface area contributed by atoms with Crippen LogP contribution in [-0.2, 0) is 0 Å². The molecule has 0 aliphatic carbocycles. The third kappa shape index (κ3) is 3.61. The summed E-state index contributed by atoms with van der Waals surface area (Å²) in [5.74, 6) is 0.655. The Kier molecular flexibility index (Phi) is 2.64. The average Bonchev–Trinajstić information content (AvgIpc) is 1.35. The van der Waals surface area contributed by atoms with Gasteiger partial charge in [-0.1, -0.05) is 19.8 Å². The van der Waals surface area contributed by atoms with E-state index in [-0.39, 0.29) is 0 Å². The minimum atomic E-state index is 0.655. The fourth-order valence-electron chi connectivity index (χ4n) is 0.272. The monoisotopic (exact) mass is 83.1 g/mol. The van der Waals surface area contributed by atoms with Crippen molar-refractivity contribution in [2.24, 2.45) is 5.92 Å². The summed E-state index contributed by atoms with van der Waals surface area (Å²) in [6.07, 6.45) is 3.88. The van der Waals surface area contributed by atoms with E-state index in [1.807, 2.05) is 6.08 Å². The second-order valence-electron chi connectivity index (χ2n) is 1.67. The largest absolute Gasteiger partial charge is 0.245 e. The Labute approximate surface area is 39.9 Å². The molecule has 0 heteroatoms. The molecule has 0 nitrogen and oxygen atoms in total. The maximum atomic E-state index is 3.55. The summed E-state index contributed by atoms with van der Waals surface area (Å²) in [5, 5.41) is 0. The summed E-state index contributed by atoms with van der Waals surface area (Å²) >= 11 is 0. The van der Waals surface area contributed by atoms with Crippen molar-refractivity contribution in [2.45, 2.75) is 13.8 Å². The van der Waals surface area contributed by atoms with Crippen LogP contribution in [-0.4, -0.2) is 0 Å². The molecule has 6 heavy (non-hydrogen) atoms. The fourth-order valence-corrected chi connectivity index (χ4v) is 0.272. The first kappa shape index (κ1) is 5.61. The second kappa shape index (κ2) is 2.83. The van der Waals surface area contributed by atoms with E-state index in [0.29, 0.717) is 5.92 Å². The second-order valence-corrected chi connectivity index (χ2v) is 1.67. The van der Waals surface area contributed by atoms with Gasteiger partial charge in [0, 0.05) is 0 Å². The van der Waals surface area contributed by atoms with Crippen LogP contribution in [0.4, 0.5) is 0 Å². The highest BCUT2D eigenvalue weighted by Crippen LogP contribution is 1.95. The van der Waals surface area contributed by atoms with Crippen molar-refractivity contribution in [1.29, 1.82) is 0 Å². The lowest BCUT2D eigenvalue weighted by atomic mass is 10.1. The molecule has 36 valence electrons. The Hall–Kier alpha value is -0.390. The fraction of sp³-hybridized carbons (Fsp3) is 0.500. The Bertz CT molecular complexity index is 35.3. The molecule has 0 N–H and O–H groups in total. The molecule has 0 rings (SSSR count). The van der Waals surface area contributed by atoms with E-state index in [9.17, 15) is 0 Å². The highest BCUT2D eigenvalue weighted by Gasteiger charge is 1.74. The lowest BCUT2D eigenvalue weighted by Gasteiger charge is -2.02. The molecule has 0 aromatic heterocycles. The van der Waals surface area contributed by atoms with Crippen molar-refractivity contribution in [2.75, 3.05) is 0 Å². The predicted molar refractivity (Wildman–Crippen MR) is 29.3 cm³/mol. The quantitative estimate of drug-likeness (QED) is 0.448. The van der Waals surface area contributed by atoms with E-state index in [2.05, 4.69) is 26.8 Å². The molecule has 0 saturated heterocycles. The van der Waals surface area contributed by atoms with Gasteiger partial charge in [0.2, 0.25) is 0 Å². The molecule has 0 atom stereocenters. The van der Waals surface area contributed by atoms with Gasteiger partial charge in [-0.15, -0.1) is 0 Å². The molecular weight excluding hydrogens is 72.1 g/mol. The van der Waals surface area contributed by atoms with Gasteiger partial charge in [-0.05, 0) is 0 Å². The maximum Gasteiger partial charge on any atom is -0.0747 e. The summed E-state index contributed by atoms with van der Waals surface area (Å²) in [4.78, 5) is 0. The van der Waals surface area contributed by atoms with E-state index >= 15 is 0 Å². The summed E-state index contributed by atoms with van der Waals surface area (Å²) in [7, 11) is 0. The smallest absolute Gasteiger partial charge is 0.0747 e. The normalized spacial score (nSPS) is 8.50. The minimum absolute atomic E-state index is 0.655. The van der Waals surface area contributed by atoms with Crippen LogP contribution in [0, 0.1) is 12.3 Å². The van der Waals surface area contributed by atoms with Crippen LogP contribution < -0.4 is 0 Å². The molecule has 0 aliphatic heterocycles. The molecule has 0 amide bonds. The zero-order valence-corrected chi connectivity index (χ0v) is 4.44. The number of hydrogen-bond acceptors (Lipinski definition) is 0. The third-order valence-electron chi connectivity index (χ3n) is 0.521. The van der Waals surface area contributed by atoms with Gasteiger partial charge in [0.25, 0.3) is 0 Å². The Morgan fingerprint density at radius 2 is 2.17 bits per heavy atom. The third-order valence-corrected chi connectivity index (χ3v) is 0.521. The van der Waals surface area contributed by atoms with Crippen molar-refractivity contribution in [3.05, 3.63) is 19.1 Å². The first-order valence-corrected chi connectivity index (χ1v) is 2.23. The van der Waals surface area contributed by atoms with Gasteiger partial charge in [0.15, 0.2) is 0 Å². The molecular formula is C6H11-. The van der Waals surface area contributed by atoms with E-state index in [1.54, 1.807) is 0 Å². The molecule has 0 bridgehead atoms. The van der Waals surface area contributed by atoms with Crippen molar-refractivity contribution >= 4 is 0 Å². The first-order chi connectivity index (χ1) is 2.77. The Morgan fingerprint density at radius 1 is 1.67 bits per heavy atom. The van der Waals surface area contributed by atoms with Crippen molar-refractivity contribution in [1.82, 2.24) is 0 Å². The van der Waals surface area contributed by atoms with Crippen LogP contribution >= 0.6 is 0 Å². The van der Waals surface area contributed by atoms with Gasteiger partial charge in [-0.25, -0.2) is 19.1 Å². The zero-order chi connectivity index (χ0) is 4.99. The Morgan fingerprint density at radius 3 is 2.17 bits per heavy atom. The summed E-state index contributed by atoms with van der Waals surface area (Å²) in [6, 6.07) is 0. The van der Waals surface area contributed by atoms with Crippen LogP contribution in [0.25, 0.3) is 0 Å². The van der Waals surface area contributed by atoms with Crippen molar-refractivity contribution in [3.63, 3.8) is 0 Å². The number of hydrogen-bond donors (Lipinski definition) is 0. The molecule has 0 heterocycles. The van der Waals surface area contributed by atoms with Crippen LogP contribution in [0.2, 0.25) is 0 Å². The number of allylic oxidation sites excluding steroid dienone is 1. The number of rotatable bonds is 2. The van der Waals surface area contributed by atoms with Gasteiger partial charge in [0.1, 0.15) is 0 Å². The van der Waals surface area contributed by atoms with E-state index in [0.717, 1.165) is 0 Å². The summed E-state index contributed by atoms with van der Waals surface area (Å²) in [5.41, 5.74) is 0. The van der Waals surface area contributed by atoms with E-state index < -0.39 is 0 Å². The zero-order valence-electron chi connectivity index (χ0n) is 4.44. The lowest BCUT2D eigenvalue weighted by molar-refractivity contribution is 0.786. The topological polar surface area (TPSA) is 0 Å². The molecule has 0 saturated carbocycles. The standard InChI is InChI=1S/C6H11/c1-4-5-6(2)3/h4-6H,1H2,2-3H3/q-1. The molecule has 0 fully saturated rings. The highest BCUT2D eigenvalue weighted by molar-refractivity contribution is 4.88. The lowest BCUT2D eigenvalue weighted by Crippen LogP contribution is -1.80. The van der Waals surface area contributed by atoms with Gasteiger partial charge in [-0.2, -0.15) is 0 Å². The van der Waals surface area contributed by atoms with E-state index in [4.69, 9.17) is 0 Å². The summed E-state index contributed by atoms with van der Waals surface area (Å²) < 4.78 is 0. The van der Waals surface area contributed by atoms with Crippen molar-refractivity contribution < 1.29 is 0 Å². The predicted octanol–water partition coefficient (Wildman–Crippen LogP) is 2.03. The molecule has 0 aromatic carbocycles. The molecule has 0 unspecified atom stereocenters. The SMILES string of the molecule is C=C[CH-]C(C)C. The van der Waals surface area contributed by atoms with Gasteiger partial charge in [0.05, 0.1) is 0 Å². The van der Waals surface area contributed by atoms with Gasteiger partial charge in [-0.3, -0.25) is 0 Å². The molecule has 0 aliphatic rings. The molecule has 0 radical (unpaired) electrons. The van der Waals surface area contributed by atoms with E-state index in [1.165, 1.54) is 0 Å². The van der Waals surface area contributed by atoms with Gasteiger partial charge >= 0.3 is 0 Å². The molecule has 0 aromatic rings. The molecule has 0 spiro atoms.